The van der Waals surface area contributed by atoms with Crippen molar-refractivity contribution in [3.05, 3.63) is 60.2 Å². The average molecular weight is 412 g/mol. The van der Waals surface area contributed by atoms with Gasteiger partial charge in [0.25, 0.3) is 5.24 Å². The number of amides is 5. The Kier molecular flexibility index (Phi) is 6.85. The number of carbonyl (C=O) groups is 4. The second-order valence-electron chi connectivity index (χ2n) is 6.28. The molecule has 2 aromatic rings. The lowest BCUT2D eigenvalue weighted by molar-refractivity contribution is -0.125. The lowest BCUT2D eigenvalue weighted by Crippen LogP contribution is -2.31. The summed E-state index contributed by atoms with van der Waals surface area (Å²) in [7, 11) is 0. The number of nitrogens with one attached hydrogen (secondary N) is 3. The van der Waals surface area contributed by atoms with Crippen molar-refractivity contribution in [3.8, 4) is 0 Å². The lowest BCUT2D eigenvalue weighted by Gasteiger charge is -2.13. The first kappa shape index (κ1) is 20.4. The number of hydrogen-bond acceptors (Lipinski definition) is 5. The second kappa shape index (κ2) is 9.74. The van der Waals surface area contributed by atoms with Gasteiger partial charge >= 0.3 is 6.03 Å². The minimum Gasteiger partial charge on any atom is -0.337 e. The zero-order valence-corrected chi connectivity index (χ0v) is 16.3. The summed E-state index contributed by atoms with van der Waals surface area (Å²) in [5.74, 6) is -0.245. The molecule has 0 saturated carbocycles. The first-order valence-electron chi connectivity index (χ1n) is 8.97. The monoisotopic (exact) mass is 412 g/mol. The molecule has 9 heteroatoms. The van der Waals surface area contributed by atoms with Crippen LogP contribution in [-0.4, -0.2) is 40.3 Å². The summed E-state index contributed by atoms with van der Waals surface area (Å²) < 4.78 is 0. The number of thioether (sulfide) groups is 1. The van der Waals surface area contributed by atoms with Gasteiger partial charge in [-0.25, -0.2) is 4.79 Å². The Hall–Kier alpha value is -3.33. The molecule has 2 aromatic carbocycles. The molecule has 150 valence electrons. The molecule has 1 fully saturated rings. The Bertz CT molecular complexity index is 886. The van der Waals surface area contributed by atoms with Crippen LogP contribution < -0.4 is 16.0 Å². The number of urea groups is 1. The summed E-state index contributed by atoms with van der Waals surface area (Å²) in [5.41, 5.74) is 2.07. The predicted molar refractivity (Wildman–Crippen MR) is 112 cm³/mol. The number of anilines is 2. The van der Waals surface area contributed by atoms with Crippen molar-refractivity contribution in [1.82, 2.24) is 10.2 Å². The smallest absolute Gasteiger partial charge is 0.319 e. The van der Waals surface area contributed by atoms with E-state index in [-0.39, 0.29) is 48.3 Å². The van der Waals surface area contributed by atoms with Gasteiger partial charge in [-0.3, -0.25) is 19.3 Å². The predicted octanol–water partition coefficient (Wildman–Crippen LogP) is 3.03. The van der Waals surface area contributed by atoms with Crippen LogP contribution in [0.25, 0.3) is 0 Å². The molecule has 0 bridgehead atoms. The molecule has 0 radical (unpaired) electrons. The Morgan fingerprint density at radius 3 is 2.28 bits per heavy atom. The third-order valence-corrected chi connectivity index (χ3v) is 4.95. The van der Waals surface area contributed by atoms with Crippen LogP contribution in [0.15, 0.2) is 54.6 Å². The van der Waals surface area contributed by atoms with Crippen molar-refractivity contribution in [1.29, 1.82) is 0 Å². The molecule has 1 aliphatic heterocycles. The van der Waals surface area contributed by atoms with Crippen LogP contribution >= 0.6 is 11.8 Å². The fourth-order valence-electron chi connectivity index (χ4n) is 2.62. The maximum atomic E-state index is 12.0. The van der Waals surface area contributed by atoms with Gasteiger partial charge in [0.05, 0.1) is 12.3 Å². The molecule has 5 amide bonds. The number of carbonyl (C=O) groups excluding carboxylic acids is 4. The van der Waals surface area contributed by atoms with Crippen molar-refractivity contribution in [2.24, 2.45) is 0 Å². The minimum absolute atomic E-state index is 0.123. The van der Waals surface area contributed by atoms with E-state index in [0.29, 0.717) is 11.4 Å². The zero-order valence-electron chi connectivity index (χ0n) is 15.5. The molecule has 3 rings (SSSR count). The highest BCUT2D eigenvalue weighted by Gasteiger charge is 2.29. The van der Waals surface area contributed by atoms with Crippen LogP contribution in [0.3, 0.4) is 0 Å². The lowest BCUT2D eigenvalue weighted by atomic mass is 10.2. The number of para-hydroxylation sites is 1. The molecule has 1 saturated heterocycles. The van der Waals surface area contributed by atoms with Crippen LogP contribution in [0.2, 0.25) is 0 Å². The van der Waals surface area contributed by atoms with Gasteiger partial charge in [0.2, 0.25) is 11.8 Å². The van der Waals surface area contributed by atoms with E-state index < -0.39 is 0 Å². The fraction of sp³-hybridized carbons (Fsp3) is 0.200. The summed E-state index contributed by atoms with van der Waals surface area (Å²) in [6, 6.07) is 15.6. The third kappa shape index (κ3) is 6.08. The molecule has 0 atom stereocenters. The van der Waals surface area contributed by atoms with E-state index in [1.54, 1.807) is 36.4 Å². The van der Waals surface area contributed by atoms with Crippen LogP contribution in [0, 0.1) is 0 Å². The van der Waals surface area contributed by atoms with E-state index >= 15 is 0 Å². The van der Waals surface area contributed by atoms with Crippen LogP contribution in [-0.2, 0) is 16.1 Å². The van der Waals surface area contributed by atoms with Gasteiger partial charge in [-0.1, -0.05) is 42.1 Å². The summed E-state index contributed by atoms with van der Waals surface area (Å²) in [4.78, 5) is 48.3. The Morgan fingerprint density at radius 1 is 0.931 bits per heavy atom. The quantitative estimate of drug-likeness (QED) is 0.648. The molecule has 1 aliphatic rings. The average Bonchev–Trinajstić information content (AvgIpc) is 3.02. The van der Waals surface area contributed by atoms with E-state index in [1.165, 1.54) is 4.90 Å². The SMILES string of the molecule is O=C(CCNC(=O)Nc1ccccc1)Nc1ccc(CN2C(=O)CSC2=O)cc1. The number of benzene rings is 2. The van der Waals surface area contributed by atoms with Crippen LogP contribution in [0.5, 0.6) is 0 Å². The highest BCUT2D eigenvalue weighted by Crippen LogP contribution is 2.21. The van der Waals surface area contributed by atoms with Gasteiger partial charge in [0, 0.05) is 24.3 Å². The Morgan fingerprint density at radius 2 is 1.62 bits per heavy atom. The number of nitrogens with zero attached hydrogens (tertiary/aromatic N) is 1. The molecule has 0 aliphatic carbocycles. The van der Waals surface area contributed by atoms with Crippen molar-refractivity contribution < 1.29 is 19.2 Å². The van der Waals surface area contributed by atoms with E-state index in [2.05, 4.69) is 16.0 Å². The third-order valence-electron chi connectivity index (χ3n) is 4.09. The molecule has 0 spiro atoms. The highest BCUT2D eigenvalue weighted by molar-refractivity contribution is 8.14. The number of hydrogen-bond donors (Lipinski definition) is 3. The second-order valence-corrected chi connectivity index (χ2v) is 7.20. The minimum atomic E-state index is -0.377. The van der Waals surface area contributed by atoms with Crippen molar-refractivity contribution in [3.63, 3.8) is 0 Å². The van der Waals surface area contributed by atoms with E-state index in [9.17, 15) is 19.2 Å². The molecular formula is C20H20N4O4S. The maximum Gasteiger partial charge on any atom is 0.319 e. The highest BCUT2D eigenvalue weighted by atomic mass is 32.2. The van der Waals surface area contributed by atoms with Gasteiger partial charge in [0.15, 0.2) is 0 Å². The normalized spacial score (nSPS) is 13.3. The maximum absolute atomic E-state index is 12.0. The molecule has 0 aromatic heterocycles. The summed E-state index contributed by atoms with van der Waals surface area (Å²) >= 11 is 1.00. The van der Waals surface area contributed by atoms with Gasteiger partial charge in [-0.15, -0.1) is 0 Å². The molecule has 3 N–H and O–H groups in total. The fourth-order valence-corrected chi connectivity index (χ4v) is 3.34. The van der Waals surface area contributed by atoms with E-state index in [4.69, 9.17) is 0 Å². The Labute approximate surface area is 172 Å². The number of imide groups is 1. The molecule has 1 heterocycles. The van der Waals surface area contributed by atoms with Crippen molar-refractivity contribution in [2.75, 3.05) is 22.9 Å². The topological polar surface area (TPSA) is 108 Å². The molecule has 0 unspecified atom stereocenters. The van der Waals surface area contributed by atoms with Gasteiger partial charge in [-0.05, 0) is 29.8 Å². The molecule has 29 heavy (non-hydrogen) atoms. The van der Waals surface area contributed by atoms with Crippen molar-refractivity contribution in [2.45, 2.75) is 13.0 Å². The van der Waals surface area contributed by atoms with E-state index in [0.717, 1.165) is 17.3 Å². The molecular weight excluding hydrogens is 392 g/mol. The van der Waals surface area contributed by atoms with Crippen LogP contribution in [0.1, 0.15) is 12.0 Å². The number of rotatable bonds is 7. The summed E-state index contributed by atoms with van der Waals surface area (Å²) in [6.07, 6.45) is 0.123. The van der Waals surface area contributed by atoms with Gasteiger partial charge < -0.3 is 16.0 Å². The Balaban J connectivity index is 1.39. The van der Waals surface area contributed by atoms with Crippen LogP contribution in [0.4, 0.5) is 21.0 Å². The van der Waals surface area contributed by atoms with E-state index in [1.807, 2.05) is 18.2 Å². The summed E-state index contributed by atoms with van der Waals surface area (Å²) in [5, 5.41) is 7.80. The van der Waals surface area contributed by atoms with Crippen molar-refractivity contribution >= 4 is 46.2 Å². The molecule has 8 nitrogen and oxygen atoms in total. The largest absolute Gasteiger partial charge is 0.337 e. The summed E-state index contributed by atoms with van der Waals surface area (Å²) in [6.45, 7) is 0.415. The first-order chi connectivity index (χ1) is 14.0. The van der Waals surface area contributed by atoms with Gasteiger partial charge in [-0.2, -0.15) is 0 Å². The standard InChI is InChI=1S/C20H20N4O4S/c25-17(10-11-21-19(27)23-15-4-2-1-3-5-15)22-16-8-6-14(7-9-16)12-24-18(26)13-29-20(24)28/h1-9H,10-13H2,(H,22,25)(H2,21,23,27). The first-order valence-corrected chi connectivity index (χ1v) is 9.95. The zero-order chi connectivity index (χ0) is 20.6. The van der Waals surface area contributed by atoms with Gasteiger partial charge in [0.1, 0.15) is 0 Å².